The molecule has 0 radical (unpaired) electrons. The van der Waals surface area contributed by atoms with Crippen LogP contribution < -0.4 is 4.72 Å². The van der Waals surface area contributed by atoms with Crippen molar-refractivity contribution in [2.24, 2.45) is 0 Å². The average molecular weight is 511 g/mol. The summed E-state index contributed by atoms with van der Waals surface area (Å²) in [6.45, 7) is 0.0150. The zero-order valence-corrected chi connectivity index (χ0v) is 18.4. The number of hydrogen-bond acceptors (Lipinski definition) is 3. The van der Waals surface area contributed by atoms with E-state index in [1.165, 1.54) is 10.7 Å². The molecule has 1 aliphatic carbocycles. The average Bonchev–Trinajstić information content (AvgIpc) is 3.37. The van der Waals surface area contributed by atoms with E-state index in [-0.39, 0.29) is 50.4 Å². The van der Waals surface area contributed by atoms with E-state index in [0.29, 0.717) is 5.69 Å². The van der Waals surface area contributed by atoms with Crippen molar-refractivity contribution in [2.75, 3.05) is 6.54 Å². The highest BCUT2D eigenvalue weighted by atomic mass is 35.5. The fourth-order valence-corrected chi connectivity index (χ4v) is 5.25. The Hall–Kier alpha value is -0.710. The highest BCUT2D eigenvalue weighted by molar-refractivity contribution is 7.89. The Morgan fingerprint density at radius 1 is 1.10 bits per heavy atom. The second-order valence-corrected chi connectivity index (χ2v) is 9.83. The quantitative estimate of drug-likeness (QED) is 0.380. The molecule has 2 aromatic rings. The first kappa shape index (κ1) is 23.0. The zero-order valence-electron chi connectivity index (χ0n) is 14.5. The molecule has 29 heavy (non-hydrogen) atoms. The molecular weight excluding hydrogens is 497 g/mol. The molecule has 5 nitrogen and oxygen atoms in total. The first-order valence-electron chi connectivity index (χ1n) is 8.39. The summed E-state index contributed by atoms with van der Waals surface area (Å²) < 4.78 is 67.6. The summed E-state index contributed by atoms with van der Waals surface area (Å²) in [6, 6.07) is 2.34. The Kier molecular flexibility index (Phi) is 6.68. The van der Waals surface area contributed by atoms with Crippen LogP contribution in [-0.2, 0) is 22.7 Å². The second-order valence-electron chi connectivity index (χ2n) is 6.49. The van der Waals surface area contributed by atoms with E-state index < -0.39 is 21.9 Å². The molecule has 1 fully saturated rings. The van der Waals surface area contributed by atoms with Crippen LogP contribution in [0.25, 0.3) is 0 Å². The molecule has 1 aromatic carbocycles. The van der Waals surface area contributed by atoms with Crippen molar-refractivity contribution in [1.29, 1.82) is 0 Å². The van der Waals surface area contributed by atoms with Gasteiger partial charge in [-0.2, -0.15) is 18.3 Å². The van der Waals surface area contributed by atoms with Gasteiger partial charge in [-0.1, -0.05) is 46.4 Å². The van der Waals surface area contributed by atoms with Crippen molar-refractivity contribution >= 4 is 56.4 Å². The number of benzene rings is 1. The summed E-state index contributed by atoms with van der Waals surface area (Å²) in [5, 5.41) is 3.25. The molecule has 3 rings (SSSR count). The lowest BCUT2D eigenvalue weighted by Gasteiger charge is -2.10. The van der Waals surface area contributed by atoms with Crippen molar-refractivity contribution in [3.63, 3.8) is 0 Å². The van der Waals surface area contributed by atoms with Crippen molar-refractivity contribution in [2.45, 2.75) is 42.8 Å². The summed E-state index contributed by atoms with van der Waals surface area (Å²) in [6.07, 6.45) is -2.98. The van der Waals surface area contributed by atoms with Gasteiger partial charge in [0.15, 0.2) is 5.69 Å². The first-order chi connectivity index (χ1) is 13.4. The van der Waals surface area contributed by atoms with E-state index >= 15 is 0 Å². The van der Waals surface area contributed by atoms with Crippen molar-refractivity contribution in [1.82, 2.24) is 14.5 Å². The topological polar surface area (TPSA) is 64.0 Å². The lowest BCUT2D eigenvalue weighted by Crippen LogP contribution is -2.26. The number of halogens is 7. The van der Waals surface area contributed by atoms with Crippen LogP contribution in [0, 0.1) is 0 Å². The van der Waals surface area contributed by atoms with E-state index in [1.807, 2.05) is 0 Å². The molecule has 1 N–H and O–H groups in total. The van der Waals surface area contributed by atoms with Crippen LogP contribution in [-0.4, -0.2) is 24.7 Å². The largest absolute Gasteiger partial charge is 0.436 e. The molecule has 0 aliphatic heterocycles. The Morgan fingerprint density at radius 3 is 2.31 bits per heavy atom. The summed E-state index contributed by atoms with van der Waals surface area (Å²) in [7, 11) is -3.99. The molecule has 0 saturated heterocycles. The van der Waals surface area contributed by atoms with Gasteiger partial charge in [0.2, 0.25) is 10.0 Å². The fraction of sp³-hybridized carbons (Fsp3) is 0.438. The lowest BCUT2D eigenvalue weighted by molar-refractivity contribution is -0.141. The number of nitrogens with one attached hydrogen (secondary N) is 1. The second kappa shape index (κ2) is 8.43. The van der Waals surface area contributed by atoms with Crippen molar-refractivity contribution in [3.8, 4) is 0 Å². The Balaban J connectivity index is 1.69. The third kappa shape index (κ3) is 5.14. The number of aryl methyl sites for hydroxylation is 1. The monoisotopic (exact) mass is 509 g/mol. The van der Waals surface area contributed by atoms with Crippen LogP contribution in [0.5, 0.6) is 0 Å². The SMILES string of the molecule is O=S(=O)(NCCCn1nc(C(F)(F)F)c(Cl)c1C1CC1)c1cc(Cl)c(Cl)cc1Cl. The number of rotatable bonds is 7. The number of sulfonamides is 1. The molecule has 0 atom stereocenters. The molecule has 1 heterocycles. The maximum absolute atomic E-state index is 13.1. The van der Waals surface area contributed by atoms with Gasteiger partial charge in [-0.05, 0) is 31.4 Å². The molecule has 160 valence electrons. The standard InChI is InChI=1S/C16H14Cl4F3N3O2S/c17-9-6-11(19)12(7-10(9)18)29(27,28)24-4-1-5-26-14(8-2-3-8)13(20)15(25-26)16(21,22)23/h6-8,24H,1-5H2. The highest BCUT2D eigenvalue weighted by Gasteiger charge is 2.41. The third-order valence-corrected chi connectivity index (χ3v) is 7.29. The molecule has 1 aliphatic rings. The van der Waals surface area contributed by atoms with Crippen LogP contribution in [0.15, 0.2) is 17.0 Å². The maximum atomic E-state index is 13.1. The molecule has 1 saturated carbocycles. The van der Waals surface area contributed by atoms with Gasteiger partial charge in [0.25, 0.3) is 0 Å². The van der Waals surface area contributed by atoms with Crippen LogP contribution in [0.1, 0.15) is 36.6 Å². The van der Waals surface area contributed by atoms with Crippen LogP contribution in [0.3, 0.4) is 0 Å². The number of alkyl halides is 3. The molecule has 0 bridgehead atoms. The van der Waals surface area contributed by atoms with E-state index in [9.17, 15) is 21.6 Å². The van der Waals surface area contributed by atoms with E-state index in [0.717, 1.165) is 18.9 Å². The molecule has 13 heteroatoms. The molecule has 0 spiro atoms. The van der Waals surface area contributed by atoms with Crippen LogP contribution in [0.4, 0.5) is 13.2 Å². The normalized spacial score (nSPS) is 15.1. The van der Waals surface area contributed by atoms with Gasteiger partial charge in [-0.3, -0.25) is 4.68 Å². The molecule has 1 aromatic heterocycles. The van der Waals surface area contributed by atoms with Crippen LogP contribution in [0.2, 0.25) is 20.1 Å². The van der Waals surface area contributed by atoms with E-state index in [1.54, 1.807) is 0 Å². The van der Waals surface area contributed by atoms with Gasteiger partial charge in [0.1, 0.15) is 4.90 Å². The van der Waals surface area contributed by atoms with E-state index in [2.05, 4.69) is 9.82 Å². The van der Waals surface area contributed by atoms with Gasteiger partial charge in [0.05, 0.1) is 25.8 Å². The molecule has 0 amide bonds. The molecule has 0 unspecified atom stereocenters. The van der Waals surface area contributed by atoms with Gasteiger partial charge in [0, 0.05) is 19.0 Å². The lowest BCUT2D eigenvalue weighted by atomic mass is 10.2. The summed E-state index contributed by atoms with van der Waals surface area (Å²) in [5.41, 5.74) is -0.779. The Morgan fingerprint density at radius 2 is 1.72 bits per heavy atom. The van der Waals surface area contributed by atoms with E-state index in [4.69, 9.17) is 46.4 Å². The summed E-state index contributed by atoms with van der Waals surface area (Å²) >= 11 is 23.5. The number of nitrogens with zero attached hydrogens (tertiary/aromatic N) is 2. The van der Waals surface area contributed by atoms with Crippen molar-refractivity contribution in [3.05, 3.63) is 43.6 Å². The van der Waals surface area contributed by atoms with Gasteiger partial charge in [-0.15, -0.1) is 0 Å². The first-order valence-corrected chi connectivity index (χ1v) is 11.4. The minimum absolute atomic E-state index is 0.0244. The third-order valence-electron chi connectivity index (χ3n) is 4.27. The predicted octanol–water partition coefficient (Wildman–Crippen LogP) is 5.76. The fourth-order valence-electron chi connectivity index (χ4n) is 2.77. The summed E-state index contributed by atoms with van der Waals surface area (Å²) in [4.78, 5) is -0.242. The zero-order chi connectivity index (χ0) is 21.6. The predicted molar refractivity (Wildman–Crippen MR) is 105 cm³/mol. The van der Waals surface area contributed by atoms with Crippen LogP contribution >= 0.6 is 46.4 Å². The highest BCUT2D eigenvalue weighted by Crippen LogP contribution is 2.46. The van der Waals surface area contributed by atoms with Gasteiger partial charge in [-0.25, -0.2) is 13.1 Å². The minimum atomic E-state index is -4.65. The summed E-state index contributed by atoms with van der Waals surface area (Å²) in [5.74, 6) is -0.0576. The number of hydrogen-bond donors (Lipinski definition) is 1. The Labute approximate surface area is 185 Å². The molecular formula is C16H14Cl4F3N3O2S. The van der Waals surface area contributed by atoms with Crippen molar-refractivity contribution < 1.29 is 21.6 Å². The van der Waals surface area contributed by atoms with Gasteiger partial charge < -0.3 is 0 Å². The number of aromatic nitrogens is 2. The van der Waals surface area contributed by atoms with Gasteiger partial charge >= 0.3 is 6.18 Å². The smallest absolute Gasteiger partial charge is 0.267 e. The maximum Gasteiger partial charge on any atom is 0.436 e. The Bertz CT molecular complexity index is 1040. The minimum Gasteiger partial charge on any atom is -0.267 e.